The number of sulfone groups is 1. The van der Waals surface area contributed by atoms with Gasteiger partial charge in [0.25, 0.3) is 5.89 Å². The third-order valence-corrected chi connectivity index (χ3v) is 7.67. The number of benzene rings is 2. The molecule has 0 spiro atoms. The molecule has 3 aromatic rings. The van der Waals surface area contributed by atoms with E-state index in [2.05, 4.69) is 31.0 Å². The van der Waals surface area contributed by atoms with Crippen LogP contribution >= 0.6 is 0 Å². The number of nitrogens with zero attached hydrogens (tertiary/aromatic N) is 4. The fourth-order valence-electron chi connectivity index (χ4n) is 3.86. The molecule has 0 aliphatic carbocycles. The summed E-state index contributed by atoms with van der Waals surface area (Å²) in [6.07, 6.45) is -2.85. The SMILES string of the molecule is CC(C)(C)c1ccc(N(Cc2ccc(-c3nnc(C(F)F)o3)cc2)C(=O)N2CCS(=O)(=O)CC2)cc1. The average molecular weight is 519 g/mol. The second kappa shape index (κ2) is 9.96. The van der Waals surface area contributed by atoms with Gasteiger partial charge in [-0.3, -0.25) is 4.90 Å². The monoisotopic (exact) mass is 518 g/mol. The van der Waals surface area contributed by atoms with Crippen molar-refractivity contribution in [2.45, 2.75) is 39.2 Å². The molecule has 1 fully saturated rings. The molecule has 1 saturated heterocycles. The van der Waals surface area contributed by atoms with Gasteiger partial charge in [-0.2, -0.15) is 8.78 Å². The average Bonchev–Trinajstić information content (AvgIpc) is 3.33. The standard InChI is InChI=1S/C25H28F2N4O4S/c1-25(2,3)19-8-10-20(11-9-19)31(24(32)30-12-14-36(33,34)15-13-30)16-17-4-6-18(7-5-17)22-28-29-23(35-22)21(26)27/h4-11,21H,12-16H2,1-3H3. The first-order valence-corrected chi connectivity index (χ1v) is 13.3. The van der Waals surface area contributed by atoms with Gasteiger partial charge in [0.15, 0.2) is 9.84 Å². The minimum atomic E-state index is -3.13. The highest BCUT2D eigenvalue weighted by molar-refractivity contribution is 7.91. The number of halogens is 2. The first-order valence-electron chi connectivity index (χ1n) is 11.5. The van der Waals surface area contributed by atoms with Gasteiger partial charge >= 0.3 is 12.5 Å². The van der Waals surface area contributed by atoms with Crippen LogP contribution in [-0.2, 0) is 21.8 Å². The van der Waals surface area contributed by atoms with Crippen molar-refractivity contribution in [1.82, 2.24) is 15.1 Å². The maximum absolute atomic E-state index is 13.5. The number of carbonyl (C=O) groups excluding carboxylic acids is 1. The van der Waals surface area contributed by atoms with Crippen LogP contribution < -0.4 is 4.90 Å². The summed E-state index contributed by atoms with van der Waals surface area (Å²) in [4.78, 5) is 16.7. The first-order chi connectivity index (χ1) is 16.9. The van der Waals surface area contributed by atoms with E-state index in [0.717, 1.165) is 11.1 Å². The van der Waals surface area contributed by atoms with Crippen LogP contribution in [0.2, 0.25) is 0 Å². The van der Waals surface area contributed by atoms with Crippen LogP contribution in [0.4, 0.5) is 19.3 Å². The van der Waals surface area contributed by atoms with Gasteiger partial charge in [-0.05, 0) is 40.8 Å². The molecule has 0 bridgehead atoms. The van der Waals surface area contributed by atoms with Gasteiger partial charge in [0, 0.05) is 24.3 Å². The fourth-order valence-corrected chi connectivity index (χ4v) is 5.06. The highest BCUT2D eigenvalue weighted by Crippen LogP contribution is 2.28. The molecule has 192 valence electrons. The zero-order valence-electron chi connectivity index (χ0n) is 20.3. The quantitative estimate of drug-likeness (QED) is 0.480. The van der Waals surface area contributed by atoms with E-state index in [9.17, 15) is 22.0 Å². The molecule has 1 aliphatic heterocycles. The molecule has 0 N–H and O–H groups in total. The summed E-state index contributed by atoms with van der Waals surface area (Å²) < 4.78 is 54.2. The van der Waals surface area contributed by atoms with Crippen molar-refractivity contribution in [2.75, 3.05) is 29.5 Å². The number of alkyl halides is 2. The van der Waals surface area contributed by atoms with Gasteiger partial charge in [0.05, 0.1) is 18.1 Å². The van der Waals surface area contributed by atoms with Crippen molar-refractivity contribution < 1.29 is 26.4 Å². The third-order valence-electron chi connectivity index (χ3n) is 6.06. The highest BCUT2D eigenvalue weighted by Gasteiger charge is 2.29. The molecule has 0 saturated carbocycles. The topological polar surface area (TPSA) is 96.6 Å². The number of anilines is 1. The molecule has 4 rings (SSSR count). The summed E-state index contributed by atoms with van der Waals surface area (Å²) >= 11 is 0. The third kappa shape index (κ3) is 5.89. The summed E-state index contributed by atoms with van der Waals surface area (Å²) in [7, 11) is -3.13. The lowest BCUT2D eigenvalue weighted by atomic mass is 9.87. The lowest BCUT2D eigenvalue weighted by molar-refractivity contribution is 0.116. The zero-order chi connectivity index (χ0) is 26.1. The maximum atomic E-state index is 13.5. The zero-order valence-corrected chi connectivity index (χ0v) is 21.1. The van der Waals surface area contributed by atoms with Gasteiger partial charge in [0.1, 0.15) is 0 Å². The molecule has 1 aliphatic rings. The smallest absolute Gasteiger partial charge is 0.324 e. The number of urea groups is 1. The molecule has 2 heterocycles. The number of amides is 2. The van der Waals surface area contributed by atoms with Crippen molar-refractivity contribution in [3.05, 3.63) is 65.5 Å². The molecule has 0 unspecified atom stereocenters. The minimum Gasteiger partial charge on any atom is -0.415 e. The second-order valence-electron chi connectivity index (χ2n) is 9.75. The normalized spacial score (nSPS) is 15.8. The van der Waals surface area contributed by atoms with Crippen molar-refractivity contribution in [1.29, 1.82) is 0 Å². The largest absolute Gasteiger partial charge is 0.415 e. The van der Waals surface area contributed by atoms with Gasteiger partial charge in [-0.25, -0.2) is 13.2 Å². The number of hydrogen-bond acceptors (Lipinski definition) is 6. The lowest BCUT2D eigenvalue weighted by Gasteiger charge is -2.33. The Morgan fingerprint density at radius 3 is 2.17 bits per heavy atom. The van der Waals surface area contributed by atoms with Crippen LogP contribution in [0.5, 0.6) is 0 Å². The van der Waals surface area contributed by atoms with Crippen LogP contribution in [0.1, 0.15) is 44.2 Å². The molecule has 36 heavy (non-hydrogen) atoms. The summed E-state index contributed by atoms with van der Waals surface area (Å²) in [6.45, 7) is 6.82. The Labute approximate surface area is 208 Å². The van der Waals surface area contributed by atoms with Gasteiger partial charge in [-0.15, -0.1) is 10.2 Å². The maximum Gasteiger partial charge on any atom is 0.324 e. The van der Waals surface area contributed by atoms with Crippen LogP contribution in [0.3, 0.4) is 0 Å². The minimum absolute atomic E-state index is 0.0166. The van der Waals surface area contributed by atoms with Gasteiger partial charge in [-0.1, -0.05) is 45.0 Å². The first kappa shape index (κ1) is 25.7. The van der Waals surface area contributed by atoms with Crippen LogP contribution in [0.25, 0.3) is 11.5 Å². The van der Waals surface area contributed by atoms with E-state index >= 15 is 0 Å². The molecule has 8 nitrogen and oxygen atoms in total. The van der Waals surface area contributed by atoms with Gasteiger partial charge < -0.3 is 9.32 Å². The Balaban J connectivity index is 1.59. The summed E-state index contributed by atoms with van der Waals surface area (Å²) in [5.41, 5.74) is 3.01. The highest BCUT2D eigenvalue weighted by atomic mass is 32.2. The van der Waals surface area contributed by atoms with E-state index in [4.69, 9.17) is 4.42 Å². The number of hydrogen-bond donors (Lipinski definition) is 0. The summed E-state index contributed by atoms with van der Waals surface area (Å²) in [6, 6.07) is 14.3. The molecule has 11 heteroatoms. The van der Waals surface area contributed by atoms with Crippen molar-refractivity contribution in [3.8, 4) is 11.5 Å². The Bertz CT molecular complexity index is 1300. The van der Waals surface area contributed by atoms with E-state index in [-0.39, 0.29) is 48.5 Å². The Kier molecular flexibility index (Phi) is 7.12. The van der Waals surface area contributed by atoms with Gasteiger partial charge in [0.2, 0.25) is 5.89 Å². The van der Waals surface area contributed by atoms with Crippen LogP contribution in [-0.4, -0.2) is 54.1 Å². The van der Waals surface area contributed by atoms with E-state index < -0.39 is 22.2 Å². The number of rotatable bonds is 5. The van der Waals surface area contributed by atoms with E-state index in [1.807, 2.05) is 24.3 Å². The Hall–Kier alpha value is -3.34. The van der Waals surface area contributed by atoms with Crippen LogP contribution in [0.15, 0.2) is 52.9 Å². The molecule has 0 radical (unpaired) electrons. The predicted octanol–water partition coefficient (Wildman–Crippen LogP) is 4.83. The van der Waals surface area contributed by atoms with E-state index in [1.165, 1.54) is 0 Å². The molecular formula is C25H28F2N4O4S. The summed E-state index contributed by atoms with van der Waals surface area (Å²) in [5, 5.41) is 7.00. The fraction of sp³-hybridized carbons (Fsp3) is 0.400. The van der Waals surface area contributed by atoms with E-state index in [1.54, 1.807) is 34.1 Å². The Morgan fingerprint density at radius 1 is 1.03 bits per heavy atom. The van der Waals surface area contributed by atoms with Crippen molar-refractivity contribution >= 4 is 21.6 Å². The second-order valence-corrected chi connectivity index (χ2v) is 12.1. The van der Waals surface area contributed by atoms with Crippen molar-refractivity contribution in [2.24, 2.45) is 0 Å². The lowest BCUT2D eigenvalue weighted by Crippen LogP contribution is -2.49. The predicted molar refractivity (Wildman–Crippen MR) is 132 cm³/mol. The summed E-state index contributed by atoms with van der Waals surface area (Å²) in [5.74, 6) is -0.880. The molecule has 2 amide bonds. The molecule has 1 aromatic heterocycles. The number of carbonyl (C=O) groups is 1. The molecule has 2 aromatic carbocycles. The number of aromatic nitrogens is 2. The van der Waals surface area contributed by atoms with Crippen LogP contribution in [0, 0.1) is 0 Å². The molecule has 0 atom stereocenters. The Morgan fingerprint density at radius 2 is 1.64 bits per heavy atom. The van der Waals surface area contributed by atoms with E-state index in [0.29, 0.717) is 11.3 Å². The molecular weight excluding hydrogens is 490 g/mol. The van der Waals surface area contributed by atoms with Crippen molar-refractivity contribution in [3.63, 3.8) is 0 Å².